The molecule has 6 heteroatoms. The number of hydrogen-bond acceptors (Lipinski definition) is 4. The Bertz CT molecular complexity index is 437. The lowest BCUT2D eigenvalue weighted by molar-refractivity contribution is 0.340. The third-order valence-corrected chi connectivity index (χ3v) is 4.59. The molecule has 0 N–H and O–H groups in total. The number of aryl methyl sites for hydroxylation is 1. The zero-order valence-electron chi connectivity index (χ0n) is 10.6. The highest BCUT2D eigenvalue weighted by Crippen LogP contribution is 2.09. The summed E-state index contributed by atoms with van der Waals surface area (Å²) in [6.07, 6.45) is 4.39. The number of sulfone groups is 1. The fraction of sp³-hybridized carbons (Fsp3) is 0.727. The third-order valence-electron chi connectivity index (χ3n) is 2.42. The topological polar surface area (TPSA) is 61.2 Å². The molecule has 0 saturated carbocycles. The molecular weight excluding hydrogens is 240 g/mol. The fourth-order valence-electron chi connectivity index (χ4n) is 1.28. The van der Waals surface area contributed by atoms with Gasteiger partial charge in [0.05, 0.1) is 23.4 Å². The second kappa shape index (κ2) is 6.05. The Labute approximate surface area is 103 Å². The van der Waals surface area contributed by atoms with Crippen LogP contribution in [0.4, 0.5) is 0 Å². The van der Waals surface area contributed by atoms with Crippen LogP contribution >= 0.6 is 0 Å². The molecule has 17 heavy (non-hydrogen) atoms. The molecule has 0 aromatic carbocycles. The van der Waals surface area contributed by atoms with Crippen LogP contribution in [0.2, 0.25) is 0 Å². The van der Waals surface area contributed by atoms with Crippen LogP contribution in [0.1, 0.15) is 27.2 Å². The molecule has 1 aromatic heterocycles. The van der Waals surface area contributed by atoms with Gasteiger partial charge in [-0.05, 0) is 20.3 Å². The summed E-state index contributed by atoms with van der Waals surface area (Å²) in [6.45, 7) is 6.44. The lowest BCUT2D eigenvalue weighted by Crippen LogP contribution is -2.21. The number of ether oxygens (including phenoxy) is 1. The summed E-state index contributed by atoms with van der Waals surface area (Å²) in [5.74, 6) is 0.668. The van der Waals surface area contributed by atoms with E-state index in [2.05, 4.69) is 12.0 Å². The summed E-state index contributed by atoms with van der Waals surface area (Å²) in [5, 5.41) is 3.75. The normalized spacial score (nSPS) is 12.0. The maximum atomic E-state index is 11.5. The van der Waals surface area contributed by atoms with Crippen molar-refractivity contribution in [1.29, 1.82) is 0 Å². The van der Waals surface area contributed by atoms with Gasteiger partial charge in [0.2, 0.25) is 0 Å². The zero-order valence-corrected chi connectivity index (χ0v) is 11.4. The van der Waals surface area contributed by atoms with Gasteiger partial charge in [0.25, 0.3) is 0 Å². The van der Waals surface area contributed by atoms with Gasteiger partial charge in [-0.15, -0.1) is 0 Å². The van der Waals surface area contributed by atoms with Crippen molar-refractivity contribution in [2.45, 2.75) is 39.0 Å². The summed E-state index contributed by atoms with van der Waals surface area (Å²) >= 11 is 0. The zero-order chi connectivity index (χ0) is 12.9. The minimum absolute atomic E-state index is 0.0453. The van der Waals surface area contributed by atoms with Gasteiger partial charge in [0, 0.05) is 6.54 Å². The van der Waals surface area contributed by atoms with Crippen LogP contribution in [-0.2, 0) is 16.4 Å². The van der Waals surface area contributed by atoms with Crippen LogP contribution in [0, 0.1) is 0 Å². The van der Waals surface area contributed by atoms with Gasteiger partial charge < -0.3 is 4.74 Å². The first-order chi connectivity index (χ1) is 7.95. The minimum atomic E-state index is -3.02. The van der Waals surface area contributed by atoms with Crippen molar-refractivity contribution in [3.8, 4) is 5.75 Å². The van der Waals surface area contributed by atoms with Crippen LogP contribution < -0.4 is 4.74 Å². The van der Waals surface area contributed by atoms with Gasteiger partial charge in [0.15, 0.2) is 15.6 Å². The van der Waals surface area contributed by atoms with Gasteiger partial charge in [-0.25, -0.2) is 8.42 Å². The van der Waals surface area contributed by atoms with Gasteiger partial charge in [-0.2, -0.15) is 5.10 Å². The molecular formula is C11H20N2O3S. The van der Waals surface area contributed by atoms with Crippen molar-refractivity contribution < 1.29 is 13.2 Å². The number of aromatic nitrogens is 2. The van der Waals surface area contributed by atoms with Gasteiger partial charge >= 0.3 is 0 Å². The van der Waals surface area contributed by atoms with Crippen LogP contribution in [0.5, 0.6) is 5.75 Å². The summed E-state index contributed by atoms with van der Waals surface area (Å²) in [7, 11) is -3.02. The molecule has 1 rings (SSSR count). The summed E-state index contributed by atoms with van der Waals surface area (Å²) in [4.78, 5) is 0. The van der Waals surface area contributed by atoms with Crippen molar-refractivity contribution in [1.82, 2.24) is 9.78 Å². The molecule has 0 radical (unpaired) electrons. The lowest BCUT2D eigenvalue weighted by atomic mass is 10.5. The van der Waals surface area contributed by atoms with E-state index in [4.69, 9.17) is 4.74 Å². The molecule has 0 atom stereocenters. The second-order valence-corrected chi connectivity index (χ2v) is 6.88. The molecule has 0 aliphatic heterocycles. The Kier molecular flexibility index (Phi) is 4.99. The number of rotatable bonds is 7. The largest absolute Gasteiger partial charge is 0.489 e. The van der Waals surface area contributed by atoms with E-state index in [0.717, 1.165) is 13.0 Å². The summed E-state index contributed by atoms with van der Waals surface area (Å²) in [5.41, 5.74) is 0. The average Bonchev–Trinajstić information content (AvgIpc) is 2.66. The van der Waals surface area contributed by atoms with E-state index in [1.807, 2.05) is 0 Å². The molecule has 0 bridgehead atoms. The van der Waals surface area contributed by atoms with Gasteiger partial charge in [0.1, 0.15) is 6.61 Å². The molecule has 0 aliphatic carbocycles. The van der Waals surface area contributed by atoms with Crippen molar-refractivity contribution >= 4 is 9.84 Å². The summed E-state index contributed by atoms with van der Waals surface area (Å²) < 4.78 is 30.2. The molecule has 5 nitrogen and oxygen atoms in total. The smallest absolute Gasteiger partial charge is 0.157 e. The monoisotopic (exact) mass is 260 g/mol. The van der Waals surface area contributed by atoms with Crippen molar-refractivity contribution in [2.24, 2.45) is 0 Å². The molecule has 0 fully saturated rings. The van der Waals surface area contributed by atoms with Crippen LogP contribution in [0.25, 0.3) is 0 Å². The molecule has 0 aliphatic rings. The maximum absolute atomic E-state index is 11.5. The van der Waals surface area contributed by atoms with Gasteiger partial charge in [-0.3, -0.25) is 4.68 Å². The Hall–Kier alpha value is -1.04. The Morgan fingerprint density at radius 3 is 2.76 bits per heavy atom. The molecule has 0 saturated heterocycles. The molecule has 1 aromatic rings. The third kappa shape index (κ3) is 4.38. The quantitative estimate of drug-likeness (QED) is 0.745. The summed E-state index contributed by atoms with van der Waals surface area (Å²) in [6, 6.07) is 0. The highest BCUT2D eigenvalue weighted by molar-refractivity contribution is 7.91. The first-order valence-corrected chi connectivity index (χ1v) is 7.54. The SMILES string of the molecule is CCCn1cc(OCCS(=O)(=O)C(C)C)cn1. The highest BCUT2D eigenvalue weighted by atomic mass is 32.2. The maximum Gasteiger partial charge on any atom is 0.157 e. The Morgan fingerprint density at radius 1 is 1.47 bits per heavy atom. The van der Waals surface area contributed by atoms with Crippen molar-refractivity contribution in [3.05, 3.63) is 12.4 Å². The van der Waals surface area contributed by atoms with E-state index in [-0.39, 0.29) is 17.6 Å². The first kappa shape index (κ1) is 14.0. The van der Waals surface area contributed by atoms with Crippen LogP contribution in [0.3, 0.4) is 0 Å². The Balaban J connectivity index is 2.40. The van der Waals surface area contributed by atoms with E-state index < -0.39 is 9.84 Å². The van der Waals surface area contributed by atoms with E-state index in [1.165, 1.54) is 0 Å². The van der Waals surface area contributed by atoms with Crippen LogP contribution in [0.15, 0.2) is 12.4 Å². The lowest BCUT2D eigenvalue weighted by Gasteiger charge is -2.07. The van der Waals surface area contributed by atoms with Crippen molar-refractivity contribution in [3.63, 3.8) is 0 Å². The first-order valence-electron chi connectivity index (χ1n) is 5.82. The van der Waals surface area contributed by atoms with E-state index >= 15 is 0 Å². The molecule has 0 amide bonds. The van der Waals surface area contributed by atoms with E-state index in [9.17, 15) is 8.42 Å². The second-order valence-electron chi connectivity index (χ2n) is 4.20. The molecule has 1 heterocycles. The number of nitrogens with zero attached hydrogens (tertiary/aromatic N) is 2. The predicted octanol–water partition coefficient (Wildman–Crippen LogP) is 1.50. The predicted molar refractivity (Wildman–Crippen MR) is 66.9 cm³/mol. The molecule has 98 valence electrons. The van der Waals surface area contributed by atoms with Crippen molar-refractivity contribution in [2.75, 3.05) is 12.4 Å². The average molecular weight is 260 g/mol. The minimum Gasteiger partial charge on any atom is -0.489 e. The highest BCUT2D eigenvalue weighted by Gasteiger charge is 2.15. The molecule has 0 spiro atoms. The van der Waals surface area contributed by atoms with Gasteiger partial charge in [-0.1, -0.05) is 6.92 Å². The Morgan fingerprint density at radius 2 is 2.18 bits per heavy atom. The number of hydrogen-bond donors (Lipinski definition) is 0. The fourth-order valence-corrected chi connectivity index (χ4v) is 2.07. The van der Waals surface area contributed by atoms with E-state index in [0.29, 0.717) is 5.75 Å². The van der Waals surface area contributed by atoms with Crippen LogP contribution in [-0.4, -0.2) is 35.8 Å². The van der Waals surface area contributed by atoms with E-state index in [1.54, 1.807) is 30.9 Å². The molecule has 0 unspecified atom stereocenters. The standard InChI is InChI=1S/C11H20N2O3S/c1-4-5-13-9-11(8-12-13)16-6-7-17(14,15)10(2)3/h8-10H,4-7H2,1-3H3.